The predicted octanol–water partition coefficient (Wildman–Crippen LogP) is 7.12. The molecule has 31 heavy (non-hydrogen) atoms. The summed E-state index contributed by atoms with van der Waals surface area (Å²) >= 11 is 0. The number of ether oxygens (including phenoxy) is 1. The first-order chi connectivity index (χ1) is 15.3. The largest absolute Gasteiger partial charge is 0.507 e. The van der Waals surface area contributed by atoms with E-state index >= 15 is 0 Å². The molecule has 5 aromatic carbocycles. The van der Waals surface area contributed by atoms with E-state index in [2.05, 4.69) is 36.4 Å². The number of methoxy groups -OCH3 is 1. The van der Waals surface area contributed by atoms with Crippen LogP contribution in [0.25, 0.3) is 32.7 Å². The fourth-order valence-electron chi connectivity index (χ4n) is 4.05. The number of fused-ring (bicyclic) bond motifs is 2. The van der Waals surface area contributed by atoms with Crippen LogP contribution in [0.5, 0.6) is 11.5 Å². The van der Waals surface area contributed by atoms with E-state index in [1.165, 1.54) is 0 Å². The minimum Gasteiger partial charge on any atom is -0.507 e. The second-order valence-electron chi connectivity index (χ2n) is 7.36. The third-order valence-corrected chi connectivity index (χ3v) is 5.55. The summed E-state index contributed by atoms with van der Waals surface area (Å²) in [4.78, 5) is 4.81. The van der Waals surface area contributed by atoms with Gasteiger partial charge in [0.2, 0.25) is 0 Å². The molecule has 3 nitrogen and oxygen atoms in total. The molecule has 0 atom stereocenters. The van der Waals surface area contributed by atoms with Crippen molar-refractivity contribution < 1.29 is 9.84 Å². The lowest BCUT2D eigenvalue weighted by Gasteiger charge is -2.17. The first kappa shape index (κ1) is 18.9. The van der Waals surface area contributed by atoms with Crippen LogP contribution in [0.3, 0.4) is 0 Å². The molecule has 0 heterocycles. The van der Waals surface area contributed by atoms with Gasteiger partial charge in [-0.25, -0.2) is 0 Å². The van der Waals surface area contributed by atoms with Gasteiger partial charge in [0.1, 0.15) is 11.5 Å². The van der Waals surface area contributed by atoms with Gasteiger partial charge in [0.25, 0.3) is 0 Å². The molecule has 3 heteroatoms. The van der Waals surface area contributed by atoms with Crippen molar-refractivity contribution in [3.63, 3.8) is 0 Å². The van der Waals surface area contributed by atoms with E-state index in [1.807, 2.05) is 48.5 Å². The summed E-state index contributed by atoms with van der Waals surface area (Å²) in [5.41, 5.74) is 3.52. The molecule has 0 bridgehead atoms. The minimum atomic E-state index is 0.205. The Kier molecular flexibility index (Phi) is 4.85. The van der Waals surface area contributed by atoms with Crippen LogP contribution in [0, 0.1) is 0 Å². The topological polar surface area (TPSA) is 41.8 Å². The van der Waals surface area contributed by atoms with Crippen LogP contribution in [-0.2, 0) is 0 Å². The van der Waals surface area contributed by atoms with E-state index in [1.54, 1.807) is 25.5 Å². The van der Waals surface area contributed by atoms with Gasteiger partial charge < -0.3 is 9.84 Å². The van der Waals surface area contributed by atoms with Gasteiger partial charge in [-0.2, -0.15) is 0 Å². The van der Waals surface area contributed by atoms with Gasteiger partial charge in [0, 0.05) is 22.9 Å². The van der Waals surface area contributed by atoms with Gasteiger partial charge in [0.15, 0.2) is 0 Å². The van der Waals surface area contributed by atoms with Crippen LogP contribution in [0.15, 0.2) is 102 Å². The number of benzene rings is 5. The molecule has 0 radical (unpaired) electrons. The van der Waals surface area contributed by atoms with Crippen LogP contribution >= 0.6 is 0 Å². The van der Waals surface area contributed by atoms with E-state index in [-0.39, 0.29) is 5.75 Å². The van der Waals surface area contributed by atoms with Gasteiger partial charge in [-0.05, 0) is 45.8 Å². The highest BCUT2D eigenvalue weighted by Crippen LogP contribution is 2.45. The zero-order chi connectivity index (χ0) is 21.2. The molecular formula is C28H21NO2. The molecule has 0 saturated carbocycles. The molecule has 0 aliphatic carbocycles. The Hall–Kier alpha value is -4.11. The average Bonchev–Trinajstić information content (AvgIpc) is 2.82. The number of phenolic OH excluding ortho intramolecular Hbond substituents is 1. The fourth-order valence-corrected chi connectivity index (χ4v) is 4.05. The number of aromatic hydroxyl groups is 1. The SMILES string of the molecule is COc1ccc2ccccc2c1-c1c(N=Cc2ccccc2O)ccc2ccccc12. The molecule has 1 N–H and O–H groups in total. The molecular weight excluding hydrogens is 382 g/mol. The maximum absolute atomic E-state index is 10.2. The maximum atomic E-state index is 10.2. The summed E-state index contributed by atoms with van der Waals surface area (Å²) in [6.45, 7) is 0. The zero-order valence-electron chi connectivity index (χ0n) is 17.1. The molecule has 150 valence electrons. The number of nitrogens with zero attached hydrogens (tertiary/aromatic N) is 1. The third kappa shape index (κ3) is 3.40. The van der Waals surface area contributed by atoms with Crippen molar-refractivity contribution in [2.45, 2.75) is 0 Å². The molecule has 0 aliphatic rings. The molecule has 5 rings (SSSR count). The van der Waals surface area contributed by atoms with Crippen molar-refractivity contribution in [1.29, 1.82) is 0 Å². The van der Waals surface area contributed by atoms with Crippen LogP contribution in [0.4, 0.5) is 5.69 Å². The van der Waals surface area contributed by atoms with E-state index in [0.29, 0.717) is 5.56 Å². The van der Waals surface area contributed by atoms with E-state index in [0.717, 1.165) is 44.1 Å². The summed E-state index contributed by atoms with van der Waals surface area (Å²) < 4.78 is 5.80. The van der Waals surface area contributed by atoms with E-state index in [9.17, 15) is 5.11 Å². The minimum absolute atomic E-state index is 0.205. The number of hydrogen-bond acceptors (Lipinski definition) is 3. The number of aliphatic imine (C=N–C) groups is 1. The monoisotopic (exact) mass is 403 g/mol. The summed E-state index contributed by atoms with van der Waals surface area (Å²) in [5.74, 6) is 1.00. The van der Waals surface area contributed by atoms with Gasteiger partial charge in [-0.15, -0.1) is 0 Å². The predicted molar refractivity (Wildman–Crippen MR) is 129 cm³/mol. The van der Waals surface area contributed by atoms with Crippen molar-refractivity contribution in [2.75, 3.05) is 7.11 Å². The van der Waals surface area contributed by atoms with Crippen molar-refractivity contribution >= 4 is 33.4 Å². The van der Waals surface area contributed by atoms with Crippen LogP contribution < -0.4 is 4.74 Å². The Labute approximate surface area is 180 Å². The second-order valence-corrected chi connectivity index (χ2v) is 7.36. The average molecular weight is 403 g/mol. The van der Waals surface area contributed by atoms with Crippen LogP contribution in [0.1, 0.15) is 5.56 Å². The lowest BCUT2D eigenvalue weighted by molar-refractivity contribution is 0.417. The van der Waals surface area contributed by atoms with Gasteiger partial charge in [-0.3, -0.25) is 4.99 Å². The maximum Gasteiger partial charge on any atom is 0.127 e. The molecule has 0 aliphatic heterocycles. The Balaban J connectivity index is 1.84. The highest BCUT2D eigenvalue weighted by Gasteiger charge is 2.17. The van der Waals surface area contributed by atoms with Crippen molar-refractivity contribution in [1.82, 2.24) is 0 Å². The number of hydrogen-bond donors (Lipinski definition) is 1. The summed E-state index contributed by atoms with van der Waals surface area (Å²) in [6, 6.07) is 32.0. The Morgan fingerprint density at radius 2 is 1.29 bits per heavy atom. The summed E-state index contributed by atoms with van der Waals surface area (Å²) in [7, 11) is 1.70. The van der Waals surface area contributed by atoms with Crippen molar-refractivity contribution in [3.8, 4) is 22.6 Å². The van der Waals surface area contributed by atoms with E-state index < -0.39 is 0 Å². The summed E-state index contributed by atoms with van der Waals surface area (Å²) in [5, 5.41) is 14.6. The Bertz CT molecular complexity index is 1440. The number of rotatable bonds is 4. The first-order valence-corrected chi connectivity index (χ1v) is 10.2. The molecule has 0 fully saturated rings. The van der Waals surface area contributed by atoms with Gasteiger partial charge in [-0.1, -0.05) is 72.8 Å². The molecule has 5 aromatic rings. The first-order valence-electron chi connectivity index (χ1n) is 10.2. The number of phenols is 1. The van der Waals surface area contributed by atoms with Crippen molar-refractivity contribution in [2.24, 2.45) is 4.99 Å². The Morgan fingerprint density at radius 3 is 2.00 bits per heavy atom. The lowest BCUT2D eigenvalue weighted by atomic mass is 9.91. The molecule has 0 spiro atoms. The van der Waals surface area contributed by atoms with Crippen LogP contribution in [0.2, 0.25) is 0 Å². The fraction of sp³-hybridized carbons (Fsp3) is 0.0357. The number of para-hydroxylation sites is 1. The highest BCUT2D eigenvalue weighted by molar-refractivity contribution is 6.11. The standard InChI is InChI=1S/C28H21NO2/c1-31-26-17-15-20-9-3-6-12-23(20)28(26)27-22-11-5-2-8-19(22)14-16-24(27)29-18-21-10-4-7-13-25(21)30/h2-18,30H,1H3. The van der Waals surface area contributed by atoms with Crippen molar-refractivity contribution in [3.05, 3.63) is 103 Å². The smallest absolute Gasteiger partial charge is 0.127 e. The third-order valence-electron chi connectivity index (χ3n) is 5.55. The lowest BCUT2D eigenvalue weighted by Crippen LogP contribution is -1.92. The van der Waals surface area contributed by atoms with E-state index in [4.69, 9.17) is 9.73 Å². The zero-order valence-corrected chi connectivity index (χ0v) is 17.1. The van der Waals surface area contributed by atoms with Crippen LogP contribution in [-0.4, -0.2) is 18.4 Å². The highest BCUT2D eigenvalue weighted by atomic mass is 16.5. The van der Waals surface area contributed by atoms with Gasteiger partial charge >= 0.3 is 0 Å². The molecule has 0 unspecified atom stereocenters. The summed E-state index contributed by atoms with van der Waals surface area (Å²) in [6.07, 6.45) is 1.71. The normalized spacial score (nSPS) is 11.4. The molecule has 0 saturated heterocycles. The second kappa shape index (κ2) is 7.96. The molecule has 0 aromatic heterocycles. The quantitative estimate of drug-likeness (QED) is 0.324. The van der Waals surface area contributed by atoms with Gasteiger partial charge in [0.05, 0.1) is 12.8 Å². The Morgan fingerprint density at radius 1 is 0.677 bits per heavy atom. The molecule has 0 amide bonds.